The largest absolute Gasteiger partial charge is 0.445 e. The topological polar surface area (TPSA) is 38.3 Å². The lowest BCUT2D eigenvalue weighted by Crippen LogP contribution is -2.32. The predicted molar refractivity (Wildman–Crippen MR) is 82.6 cm³/mol. The number of benzene rings is 1. The van der Waals surface area contributed by atoms with Crippen LogP contribution in [0.1, 0.15) is 57.9 Å². The molecule has 0 saturated heterocycles. The molecule has 0 aliphatic carbocycles. The van der Waals surface area contributed by atoms with Crippen LogP contribution in [0, 0.1) is 0 Å². The molecule has 1 N–H and O–H groups in total. The van der Waals surface area contributed by atoms with E-state index in [9.17, 15) is 4.79 Å². The molecule has 1 rings (SSSR count). The lowest BCUT2D eigenvalue weighted by atomic mass is 10.1. The van der Waals surface area contributed by atoms with Gasteiger partial charge in [0.2, 0.25) is 0 Å². The van der Waals surface area contributed by atoms with Gasteiger partial charge in [0.1, 0.15) is 6.61 Å². The predicted octanol–water partition coefficient (Wildman–Crippen LogP) is 4.66. The summed E-state index contributed by atoms with van der Waals surface area (Å²) in [7, 11) is 0. The van der Waals surface area contributed by atoms with Gasteiger partial charge in [0.15, 0.2) is 0 Å². The molecule has 0 unspecified atom stereocenters. The summed E-state index contributed by atoms with van der Waals surface area (Å²) < 4.78 is 5.19. The van der Waals surface area contributed by atoms with Gasteiger partial charge in [-0.25, -0.2) is 4.79 Å². The summed E-state index contributed by atoms with van der Waals surface area (Å²) in [4.78, 5) is 11.6. The van der Waals surface area contributed by atoms with Gasteiger partial charge in [-0.3, -0.25) is 0 Å². The van der Waals surface area contributed by atoms with Gasteiger partial charge in [-0.1, -0.05) is 69.4 Å². The van der Waals surface area contributed by atoms with Crippen molar-refractivity contribution in [3.63, 3.8) is 0 Å². The van der Waals surface area contributed by atoms with Gasteiger partial charge in [-0.05, 0) is 18.9 Å². The van der Waals surface area contributed by atoms with E-state index in [0.29, 0.717) is 6.61 Å². The van der Waals surface area contributed by atoms with E-state index in [4.69, 9.17) is 4.74 Å². The van der Waals surface area contributed by atoms with Crippen LogP contribution in [0.2, 0.25) is 0 Å². The van der Waals surface area contributed by atoms with Gasteiger partial charge in [-0.2, -0.15) is 0 Å². The molecular formula is C17H27NO2. The zero-order chi connectivity index (χ0) is 14.6. The van der Waals surface area contributed by atoms with Crippen molar-refractivity contribution in [2.45, 2.75) is 65.0 Å². The van der Waals surface area contributed by atoms with Gasteiger partial charge in [-0.15, -0.1) is 0 Å². The molecule has 0 aliphatic heterocycles. The van der Waals surface area contributed by atoms with Gasteiger partial charge < -0.3 is 10.1 Å². The first kappa shape index (κ1) is 16.5. The molecular weight excluding hydrogens is 250 g/mol. The van der Waals surface area contributed by atoms with Crippen molar-refractivity contribution in [2.75, 3.05) is 0 Å². The van der Waals surface area contributed by atoms with E-state index in [1.54, 1.807) is 0 Å². The molecule has 0 bridgehead atoms. The van der Waals surface area contributed by atoms with Crippen molar-refractivity contribution in [1.82, 2.24) is 5.32 Å². The van der Waals surface area contributed by atoms with E-state index < -0.39 is 0 Å². The maximum atomic E-state index is 11.6. The van der Waals surface area contributed by atoms with Crippen LogP contribution in [0.25, 0.3) is 0 Å². The summed E-state index contributed by atoms with van der Waals surface area (Å²) in [6.45, 7) is 4.58. The van der Waals surface area contributed by atoms with Crippen LogP contribution in [0.15, 0.2) is 30.3 Å². The Kier molecular flexibility index (Phi) is 8.52. The van der Waals surface area contributed by atoms with Gasteiger partial charge in [0, 0.05) is 6.04 Å². The molecule has 1 atom stereocenters. The summed E-state index contributed by atoms with van der Waals surface area (Å²) >= 11 is 0. The third-order valence-electron chi connectivity index (χ3n) is 3.32. The Morgan fingerprint density at radius 2 is 1.85 bits per heavy atom. The molecule has 0 aliphatic rings. The summed E-state index contributed by atoms with van der Waals surface area (Å²) in [6, 6.07) is 9.91. The number of hydrogen-bond acceptors (Lipinski definition) is 2. The highest BCUT2D eigenvalue weighted by molar-refractivity contribution is 5.67. The average molecular weight is 277 g/mol. The lowest BCUT2D eigenvalue weighted by molar-refractivity contribution is 0.136. The number of ether oxygens (including phenoxy) is 1. The van der Waals surface area contributed by atoms with E-state index in [1.807, 2.05) is 37.3 Å². The normalized spacial score (nSPS) is 11.9. The number of amides is 1. The van der Waals surface area contributed by atoms with Crippen LogP contribution in [-0.2, 0) is 11.3 Å². The molecule has 0 spiro atoms. The number of unbranched alkanes of at least 4 members (excludes halogenated alkanes) is 4. The second-order valence-electron chi connectivity index (χ2n) is 5.31. The summed E-state index contributed by atoms with van der Waals surface area (Å²) in [5, 5.41) is 2.88. The number of carbonyl (C=O) groups excluding carboxylic acids is 1. The monoisotopic (exact) mass is 277 g/mol. The maximum Gasteiger partial charge on any atom is 0.407 e. The van der Waals surface area contributed by atoms with Gasteiger partial charge in [0.25, 0.3) is 0 Å². The van der Waals surface area contributed by atoms with Crippen LogP contribution < -0.4 is 5.32 Å². The van der Waals surface area contributed by atoms with Crippen LogP contribution >= 0.6 is 0 Å². The van der Waals surface area contributed by atoms with Crippen molar-refractivity contribution in [3.05, 3.63) is 35.9 Å². The molecule has 0 saturated carbocycles. The highest BCUT2D eigenvalue weighted by atomic mass is 16.5. The minimum atomic E-state index is -0.324. The van der Waals surface area contributed by atoms with Crippen LogP contribution in [0.5, 0.6) is 0 Å². The van der Waals surface area contributed by atoms with Gasteiger partial charge in [0.05, 0.1) is 0 Å². The summed E-state index contributed by atoms with van der Waals surface area (Å²) in [5.41, 5.74) is 1.01. The van der Waals surface area contributed by atoms with Crippen LogP contribution in [0.3, 0.4) is 0 Å². The van der Waals surface area contributed by atoms with E-state index in [2.05, 4.69) is 12.2 Å². The third-order valence-corrected chi connectivity index (χ3v) is 3.32. The highest BCUT2D eigenvalue weighted by Gasteiger charge is 2.08. The summed E-state index contributed by atoms with van der Waals surface area (Å²) in [5.74, 6) is 0. The van der Waals surface area contributed by atoms with Crippen molar-refractivity contribution in [3.8, 4) is 0 Å². The van der Waals surface area contributed by atoms with Gasteiger partial charge >= 0.3 is 6.09 Å². The quantitative estimate of drug-likeness (QED) is 0.666. The molecule has 0 heterocycles. The SMILES string of the molecule is CCCCCCC[C@@H](C)NC(=O)OCc1ccccc1. The van der Waals surface area contributed by atoms with Crippen molar-refractivity contribution < 1.29 is 9.53 Å². The molecule has 112 valence electrons. The molecule has 0 fully saturated rings. The number of nitrogens with one attached hydrogen (secondary N) is 1. The first-order chi connectivity index (χ1) is 9.72. The van der Waals surface area contributed by atoms with Crippen molar-refractivity contribution >= 4 is 6.09 Å². The number of carbonyl (C=O) groups is 1. The van der Waals surface area contributed by atoms with Crippen molar-refractivity contribution in [2.24, 2.45) is 0 Å². The number of hydrogen-bond donors (Lipinski definition) is 1. The third kappa shape index (κ3) is 7.82. The average Bonchev–Trinajstić information content (AvgIpc) is 2.46. The van der Waals surface area contributed by atoms with Crippen molar-refractivity contribution in [1.29, 1.82) is 0 Å². The van der Waals surface area contributed by atoms with Crippen LogP contribution in [-0.4, -0.2) is 12.1 Å². The van der Waals surface area contributed by atoms with Crippen LogP contribution in [0.4, 0.5) is 4.79 Å². The lowest BCUT2D eigenvalue weighted by Gasteiger charge is -2.13. The fourth-order valence-electron chi connectivity index (χ4n) is 2.09. The van der Waals surface area contributed by atoms with E-state index in [-0.39, 0.29) is 12.1 Å². The number of rotatable bonds is 9. The molecule has 0 aromatic heterocycles. The standard InChI is InChI=1S/C17H27NO2/c1-3-4-5-6-8-11-15(2)18-17(19)20-14-16-12-9-7-10-13-16/h7,9-10,12-13,15H,3-6,8,11,14H2,1-2H3,(H,18,19)/t15-/m1/s1. The Bertz CT molecular complexity index is 365. The van der Waals surface area contributed by atoms with E-state index >= 15 is 0 Å². The molecule has 1 aromatic rings. The van der Waals surface area contributed by atoms with E-state index in [1.165, 1.54) is 32.1 Å². The highest BCUT2D eigenvalue weighted by Crippen LogP contribution is 2.07. The maximum absolute atomic E-state index is 11.6. The Morgan fingerprint density at radius 3 is 2.55 bits per heavy atom. The first-order valence-corrected chi connectivity index (χ1v) is 7.69. The molecule has 1 aromatic carbocycles. The molecule has 0 radical (unpaired) electrons. The molecule has 3 nitrogen and oxygen atoms in total. The smallest absolute Gasteiger partial charge is 0.407 e. The fourth-order valence-corrected chi connectivity index (χ4v) is 2.09. The minimum absolute atomic E-state index is 0.180. The Hall–Kier alpha value is -1.51. The first-order valence-electron chi connectivity index (χ1n) is 7.69. The Balaban J connectivity index is 2.09. The fraction of sp³-hybridized carbons (Fsp3) is 0.588. The second kappa shape index (κ2) is 10.3. The molecule has 3 heteroatoms. The molecule has 1 amide bonds. The molecule has 20 heavy (non-hydrogen) atoms. The Morgan fingerprint density at radius 1 is 1.15 bits per heavy atom. The Labute approximate surface area is 122 Å². The number of alkyl carbamates (subject to hydrolysis) is 1. The van der Waals surface area contributed by atoms with E-state index in [0.717, 1.165) is 12.0 Å². The minimum Gasteiger partial charge on any atom is -0.445 e. The zero-order valence-corrected chi connectivity index (χ0v) is 12.7. The zero-order valence-electron chi connectivity index (χ0n) is 12.7. The summed E-state index contributed by atoms with van der Waals surface area (Å²) in [6.07, 6.45) is 6.97. The second-order valence-corrected chi connectivity index (χ2v) is 5.31.